The molecule has 0 bridgehead atoms. The first kappa shape index (κ1) is 23.8. The number of carbonyl (C=O) groups is 4. The van der Waals surface area contributed by atoms with Gasteiger partial charge in [-0.05, 0) is 37.1 Å². The molecule has 1 aromatic carbocycles. The fourth-order valence-electron chi connectivity index (χ4n) is 4.46. The molecule has 0 unspecified atom stereocenters. The summed E-state index contributed by atoms with van der Waals surface area (Å²) in [5.41, 5.74) is 0.418. The van der Waals surface area contributed by atoms with Crippen LogP contribution in [0.2, 0.25) is 0 Å². The van der Waals surface area contributed by atoms with Gasteiger partial charge in [-0.25, -0.2) is 4.79 Å². The number of urea groups is 1. The van der Waals surface area contributed by atoms with Gasteiger partial charge in [0, 0.05) is 38.3 Å². The lowest BCUT2D eigenvalue weighted by Gasteiger charge is -2.43. The highest BCUT2D eigenvalue weighted by atomic mass is 16.5. The summed E-state index contributed by atoms with van der Waals surface area (Å²) >= 11 is 0. The zero-order chi connectivity index (χ0) is 24.1. The van der Waals surface area contributed by atoms with Crippen molar-refractivity contribution in [3.63, 3.8) is 0 Å². The molecular formula is C23H31N5O6. The lowest BCUT2D eigenvalue weighted by molar-refractivity contribution is -0.133. The van der Waals surface area contributed by atoms with E-state index >= 15 is 0 Å². The van der Waals surface area contributed by atoms with Gasteiger partial charge in [0.1, 0.15) is 17.8 Å². The van der Waals surface area contributed by atoms with Crippen molar-refractivity contribution in [3.05, 3.63) is 29.8 Å². The number of nitrogens with zero attached hydrogens (tertiary/aromatic N) is 3. The SMILES string of the molecule is COc1ccc(C(=O)N2CCN(C(=O)N3CCOCC3)C[C@@H]2C(=O)N[C@@H]2CCCNC2=O)cc1. The number of rotatable bonds is 4. The minimum absolute atomic E-state index is 0.0538. The summed E-state index contributed by atoms with van der Waals surface area (Å²) in [6.07, 6.45) is 1.30. The summed E-state index contributed by atoms with van der Waals surface area (Å²) < 4.78 is 10.5. The molecule has 11 nitrogen and oxygen atoms in total. The Balaban J connectivity index is 1.52. The molecule has 1 aromatic rings. The first-order valence-electron chi connectivity index (χ1n) is 11.6. The van der Waals surface area contributed by atoms with Gasteiger partial charge in [-0.1, -0.05) is 0 Å². The summed E-state index contributed by atoms with van der Waals surface area (Å²) in [7, 11) is 1.54. The van der Waals surface area contributed by atoms with E-state index < -0.39 is 18.0 Å². The monoisotopic (exact) mass is 473 g/mol. The van der Waals surface area contributed by atoms with E-state index in [9.17, 15) is 19.2 Å². The molecule has 5 amide bonds. The Hall–Kier alpha value is -3.34. The number of morpholine rings is 1. The van der Waals surface area contributed by atoms with Crippen LogP contribution in [0.15, 0.2) is 24.3 Å². The summed E-state index contributed by atoms with van der Waals surface area (Å²) in [4.78, 5) is 56.7. The second-order valence-corrected chi connectivity index (χ2v) is 8.57. The topological polar surface area (TPSA) is 121 Å². The highest BCUT2D eigenvalue weighted by Crippen LogP contribution is 2.19. The molecule has 34 heavy (non-hydrogen) atoms. The van der Waals surface area contributed by atoms with E-state index in [1.165, 1.54) is 4.90 Å². The third-order valence-electron chi connectivity index (χ3n) is 6.43. The zero-order valence-corrected chi connectivity index (χ0v) is 19.3. The third-order valence-corrected chi connectivity index (χ3v) is 6.43. The quantitative estimate of drug-likeness (QED) is 0.618. The second kappa shape index (κ2) is 10.7. The van der Waals surface area contributed by atoms with Crippen LogP contribution in [0, 0.1) is 0 Å². The minimum atomic E-state index is -0.914. The molecule has 3 saturated heterocycles. The van der Waals surface area contributed by atoms with Crippen LogP contribution in [-0.2, 0) is 14.3 Å². The molecule has 0 aliphatic carbocycles. The van der Waals surface area contributed by atoms with Crippen molar-refractivity contribution in [1.82, 2.24) is 25.3 Å². The maximum Gasteiger partial charge on any atom is 0.320 e. The molecule has 0 saturated carbocycles. The van der Waals surface area contributed by atoms with Crippen LogP contribution in [-0.4, -0.2) is 110 Å². The number of ether oxygens (including phenoxy) is 2. The van der Waals surface area contributed by atoms with Crippen LogP contribution >= 0.6 is 0 Å². The Morgan fingerprint density at radius 1 is 1.06 bits per heavy atom. The summed E-state index contributed by atoms with van der Waals surface area (Å²) in [5.74, 6) is -0.363. The fourth-order valence-corrected chi connectivity index (χ4v) is 4.46. The van der Waals surface area contributed by atoms with Crippen molar-refractivity contribution in [2.45, 2.75) is 24.9 Å². The Bertz CT molecular complexity index is 917. The molecule has 2 N–H and O–H groups in total. The van der Waals surface area contributed by atoms with Crippen LogP contribution in [0.25, 0.3) is 0 Å². The maximum absolute atomic E-state index is 13.3. The van der Waals surface area contributed by atoms with Gasteiger partial charge in [0.15, 0.2) is 0 Å². The molecule has 3 aliphatic heterocycles. The molecule has 3 heterocycles. The van der Waals surface area contributed by atoms with E-state index in [4.69, 9.17) is 9.47 Å². The molecule has 0 spiro atoms. The molecule has 3 fully saturated rings. The standard InChI is InChI=1S/C23H31N5O6/c1-33-17-6-4-16(5-7-17)22(31)28-10-9-27(23(32)26-11-13-34-14-12-26)15-19(28)21(30)25-18-3-2-8-24-20(18)29/h4-7,18-19H,2-3,8-15H2,1H3,(H,24,29)(H,25,30)/t18-,19-/m1/s1. The fraction of sp³-hybridized carbons (Fsp3) is 0.565. The molecule has 3 aliphatic rings. The van der Waals surface area contributed by atoms with Gasteiger partial charge in [-0.15, -0.1) is 0 Å². The van der Waals surface area contributed by atoms with Crippen molar-refractivity contribution >= 4 is 23.8 Å². The highest BCUT2D eigenvalue weighted by Gasteiger charge is 2.40. The molecule has 0 radical (unpaired) electrons. The van der Waals surface area contributed by atoms with Gasteiger partial charge < -0.3 is 34.8 Å². The molecule has 184 valence electrons. The summed E-state index contributed by atoms with van der Waals surface area (Å²) in [6, 6.07) is 4.94. The number of piperazine rings is 1. The molecule has 2 atom stereocenters. The van der Waals surface area contributed by atoms with E-state index in [1.807, 2.05) is 0 Å². The smallest absolute Gasteiger partial charge is 0.320 e. The lowest BCUT2D eigenvalue weighted by Crippen LogP contribution is -2.65. The van der Waals surface area contributed by atoms with Gasteiger partial charge in [-0.3, -0.25) is 14.4 Å². The minimum Gasteiger partial charge on any atom is -0.497 e. The number of hydrogen-bond donors (Lipinski definition) is 2. The van der Waals surface area contributed by atoms with Crippen molar-refractivity contribution in [2.75, 3.05) is 59.6 Å². The van der Waals surface area contributed by atoms with Crippen molar-refractivity contribution in [3.8, 4) is 5.75 Å². The number of methoxy groups -OCH3 is 1. The average molecular weight is 474 g/mol. The third kappa shape index (κ3) is 5.24. The van der Waals surface area contributed by atoms with Gasteiger partial charge in [0.25, 0.3) is 5.91 Å². The van der Waals surface area contributed by atoms with E-state index in [2.05, 4.69) is 10.6 Å². The van der Waals surface area contributed by atoms with E-state index in [1.54, 1.807) is 41.2 Å². The van der Waals surface area contributed by atoms with Gasteiger partial charge in [0.2, 0.25) is 11.8 Å². The highest BCUT2D eigenvalue weighted by molar-refractivity contribution is 5.99. The van der Waals surface area contributed by atoms with Crippen LogP contribution in [0.5, 0.6) is 5.75 Å². The van der Waals surface area contributed by atoms with Crippen molar-refractivity contribution in [1.29, 1.82) is 0 Å². The average Bonchev–Trinajstić information content (AvgIpc) is 2.89. The first-order chi connectivity index (χ1) is 16.5. The number of amides is 5. The van der Waals surface area contributed by atoms with E-state index in [0.717, 1.165) is 6.42 Å². The van der Waals surface area contributed by atoms with Gasteiger partial charge >= 0.3 is 6.03 Å². The normalized spacial score (nSPS) is 23.2. The molecule has 4 rings (SSSR count). The lowest BCUT2D eigenvalue weighted by atomic mass is 10.0. The predicted molar refractivity (Wildman–Crippen MR) is 121 cm³/mol. The van der Waals surface area contributed by atoms with Crippen LogP contribution in [0.4, 0.5) is 4.79 Å². The largest absolute Gasteiger partial charge is 0.497 e. The Morgan fingerprint density at radius 3 is 2.47 bits per heavy atom. The van der Waals surface area contributed by atoms with Crippen LogP contribution in [0.1, 0.15) is 23.2 Å². The zero-order valence-electron chi connectivity index (χ0n) is 19.3. The van der Waals surface area contributed by atoms with Crippen LogP contribution < -0.4 is 15.4 Å². The Labute approximate surface area is 198 Å². The Morgan fingerprint density at radius 2 is 1.79 bits per heavy atom. The summed E-state index contributed by atoms with van der Waals surface area (Å²) in [6.45, 7) is 3.08. The number of nitrogens with one attached hydrogen (secondary N) is 2. The van der Waals surface area contributed by atoms with Crippen molar-refractivity contribution < 1.29 is 28.7 Å². The first-order valence-corrected chi connectivity index (χ1v) is 11.6. The molecule has 0 aromatic heterocycles. The van der Waals surface area contributed by atoms with Gasteiger partial charge in [0.05, 0.1) is 26.9 Å². The van der Waals surface area contributed by atoms with Crippen molar-refractivity contribution in [2.24, 2.45) is 0 Å². The Kier molecular flexibility index (Phi) is 7.51. The maximum atomic E-state index is 13.3. The number of hydrogen-bond acceptors (Lipinski definition) is 6. The van der Waals surface area contributed by atoms with E-state index in [-0.39, 0.29) is 30.9 Å². The number of carbonyl (C=O) groups excluding carboxylic acids is 4. The van der Waals surface area contributed by atoms with Gasteiger partial charge in [-0.2, -0.15) is 0 Å². The van der Waals surface area contributed by atoms with E-state index in [0.29, 0.717) is 57.1 Å². The summed E-state index contributed by atoms with van der Waals surface area (Å²) in [5, 5.41) is 5.55. The predicted octanol–water partition coefficient (Wildman–Crippen LogP) is -0.331. The second-order valence-electron chi connectivity index (χ2n) is 8.57. The number of benzene rings is 1. The number of piperidine rings is 1. The van der Waals surface area contributed by atoms with Crippen LogP contribution in [0.3, 0.4) is 0 Å². The molecular weight excluding hydrogens is 442 g/mol. The molecule has 11 heteroatoms.